The van der Waals surface area contributed by atoms with E-state index in [4.69, 9.17) is 0 Å². The molecular formula is C17H27NO2S. The molecule has 1 aromatic rings. The van der Waals surface area contributed by atoms with Crippen LogP contribution in [-0.2, 0) is 9.84 Å². The Balaban J connectivity index is 2.21. The smallest absolute Gasteiger partial charge is 0.157 e. The molecule has 4 heteroatoms. The van der Waals surface area contributed by atoms with Gasteiger partial charge in [0, 0.05) is 6.04 Å². The van der Waals surface area contributed by atoms with Crippen LogP contribution in [-0.4, -0.2) is 26.0 Å². The average Bonchev–Trinajstić information content (AvgIpc) is 2.49. The Kier molecular flexibility index (Phi) is 5.44. The Bertz CT molecular complexity index is 541. The van der Waals surface area contributed by atoms with Gasteiger partial charge >= 0.3 is 0 Å². The lowest BCUT2D eigenvalue weighted by Crippen LogP contribution is -2.40. The third-order valence-corrected chi connectivity index (χ3v) is 7.48. The van der Waals surface area contributed by atoms with Crippen molar-refractivity contribution in [3.63, 3.8) is 0 Å². The first-order chi connectivity index (χ1) is 9.96. The summed E-state index contributed by atoms with van der Waals surface area (Å²) in [5.41, 5.74) is 1.04. The van der Waals surface area contributed by atoms with Crippen LogP contribution in [0.2, 0.25) is 0 Å². The topological polar surface area (TPSA) is 46.2 Å². The van der Waals surface area contributed by atoms with Crippen LogP contribution in [0.3, 0.4) is 0 Å². The van der Waals surface area contributed by atoms with Crippen LogP contribution in [0.1, 0.15) is 51.1 Å². The first-order valence-electron chi connectivity index (χ1n) is 7.91. The minimum absolute atomic E-state index is 0.145. The van der Waals surface area contributed by atoms with Crippen molar-refractivity contribution in [2.45, 2.75) is 56.1 Å². The zero-order chi connectivity index (χ0) is 15.5. The Morgan fingerprint density at radius 1 is 1.19 bits per heavy atom. The molecule has 1 aliphatic rings. The minimum Gasteiger partial charge on any atom is -0.312 e. The number of sulfone groups is 1. The zero-order valence-corrected chi connectivity index (χ0v) is 14.1. The number of benzene rings is 1. The van der Waals surface area contributed by atoms with E-state index in [0.717, 1.165) is 31.2 Å². The average molecular weight is 309 g/mol. The second kappa shape index (κ2) is 6.93. The fourth-order valence-corrected chi connectivity index (χ4v) is 5.87. The number of nitrogens with one attached hydrogen (secondary N) is 1. The summed E-state index contributed by atoms with van der Waals surface area (Å²) in [6.07, 6.45) is 3.84. The molecule has 1 aromatic carbocycles. The van der Waals surface area contributed by atoms with E-state index >= 15 is 0 Å². The van der Waals surface area contributed by atoms with Gasteiger partial charge < -0.3 is 5.32 Å². The zero-order valence-electron chi connectivity index (χ0n) is 13.2. The Labute approximate surface area is 129 Å². The standard InChI is InChI=1S/C17H27NO2S/c1-13-8-7-11-16(12-13)21(19,20)14(2)17(18-3)15-9-5-4-6-10-15/h4-6,9-10,13-14,16-18H,7-8,11-12H2,1-3H3. The third kappa shape index (κ3) is 3.67. The van der Waals surface area contributed by atoms with Gasteiger partial charge in [-0.3, -0.25) is 0 Å². The lowest BCUT2D eigenvalue weighted by Gasteiger charge is -2.32. The van der Waals surface area contributed by atoms with E-state index in [0.29, 0.717) is 5.92 Å². The van der Waals surface area contributed by atoms with Crippen LogP contribution in [0.25, 0.3) is 0 Å². The highest BCUT2D eigenvalue weighted by atomic mass is 32.2. The predicted octanol–water partition coefficient (Wildman–Crippen LogP) is 3.33. The molecule has 1 N–H and O–H groups in total. The molecule has 0 heterocycles. The quantitative estimate of drug-likeness (QED) is 0.907. The van der Waals surface area contributed by atoms with Gasteiger partial charge in [0.05, 0.1) is 10.5 Å². The van der Waals surface area contributed by atoms with Crippen molar-refractivity contribution in [2.75, 3.05) is 7.05 Å². The van der Waals surface area contributed by atoms with Crippen molar-refractivity contribution in [3.05, 3.63) is 35.9 Å². The first kappa shape index (κ1) is 16.5. The molecule has 21 heavy (non-hydrogen) atoms. The summed E-state index contributed by atoms with van der Waals surface area (Å²) < 4.78 is 25.9. The van der Waals surface area contributed by atoms with E-state index in [2.05, 4.69) is 12.2 Å². The van der Waals surface area contributed by atoms with Gasteiger partial charge in [-0.25, -0.2) is 8.42 Å². The van der Waals surface area contributed by atoms with Crippen molar-refractivity contribution in [3.8, 4) is 0 Å². The number of hydrogen-bond acceptors (Lipinski definition) is 3. The van der Waals surface area contributed by atoms with Crippen LogP contribution >= 0.6 is 0 Å². The molecule has 0 amide bonds. The molecule has 2 rings (SSSR count). The van der Waals surface area contributed by atoms with E-state index < -0.39 is 15.1 Å². The van der Waals surface area contributed by atoms with Gasteiger partial charge in [0.1, 0.15) is 0 Å². The summed E-state index contributed by atoms with van der Waals surface area (Å²) >= 11 is 0. The van der Waals surface area contributed by atoms with E-state index in [1.165, 1.54) is 0 Å². The second-order valence-electron chi connectivity index (χ2n) is 6.36. The summed E-state index contributed by atoms with van der Waals surface area (Å²) in [5.74, 6) is 0.524. The summed E-state index contributed by atoms with van der Waals surface area (Å²) in [6.45, 7) is 4.02. The summed E-state index contributed by atoms with van der Waals surface area (Å²) in [7, 11) is -1.28. The molecule has 0 spiro atoms. The molecule has 1 aliphatic carbocycles. The number of hydrogen-bond donors (Lipinski definition) is 1. The summed E-state index contributed by atoms with van der Waals surface area (Å²) in [5, 5.41) is 2.62. The van der Waals surface area contributed by atoms with Crippen molar-refractivity contribution >= 4 is 9.84 Å². The molecular weight excluding hydrogens is 282 g/mol. The van der Waals surface area contributed by atoms with Gasteiger partial charge in [-0.15, -0.1) is 0 Å². The van der Waals surface area contributed by atoms with Gasteiger partial charge in [0.25, 0.3) is 0 Å². The van der Waals surface area contributed by atoms with Crippen molar-refractivity contribution in [2.24, 2.45) is 5.92 Å². The van der Waals surface area contributed by atoms with E-state index in [1.807, 2.05) is 44.3 Å². The maximum atomic E-state index is 13.0. The van der Waals surface area contributed by atoms with Crippen LogP contribution in [0.5, 0.6) is 0 Å². The molecule has 0 bridgehead atoms. The Hall–Kier alpha value is -0.870. The third-order valence-electron chi connectivity index (χ3n) is 4.81. The van der Waals surface area contributed by atoms with Gasteiger partial charge in [0.15, 0.2) is 9.84 Å². The molecule has 0 radical (unpaired) electrons. The Morgan fingerprint density at radius 3 is 2.43 bits per heavy atom. The molecule has 1 fully saturated rings. The monoisotopic (exact) mass is 309 g/mol. The van der Waals surface area contributed by atoms with Crippen molar-refractivity contribution in [1.29, 1.82) is 0 Å². The van der Waals surface area contributed by atoms with Crippen LogP contribution in [0, 0.1) is 5.92 Å². The number of rotatable bonds is 5. The lowest BCUT2D eigenvalue weighted by atomic mass is 9.90. The fraction of sp³-hybridized carbons (Fsp3) is 0.647. The SMILES string of the molecule is CNC(c1ccccc1)C(C)S(=O)(=O)C1CCCC(C)C1. The molecule has 3 nitrogen and oxygen atoms in total. The molecule has 0 aromatic heterocycles. The van der Waals surface area contributed by atoms with Gasteiger partial charge in [0.2, 0.25) is 0 Å². The maximum absolute atomic E-state index is 13.0. The van der Waals surface area contributed by atoms with Gasteiger partial charge in [-0.1, -0.05) is 50.1 Å². The molecule has 0 aliphatic heterocycles. The maximum Gasteiger partial charge on any atom is 0.157 e. The summed E-state index contributed by atoms with van der Waals surface area (Å²) in [4.78, 5) is 0. The minimum atomic E-state index is -3.12. The van der Waals surface area contributed by atoms with Crippen molar-refractivity contribution in [1.82, 2.24) is 5.32 Å². The second-order valence-corrected chi connectivity index (χ2v) is 8.95. The fourth-order valence-electron chi connectivity index (χ4n) is 3.50. The van der Waals surface area contributed by atoms with Gasteiger partial charge in [-0.05, 0) is 38.3 Å². The van der Waals surface area contributed by atoms with Gasteiger partial charge in [-0.2, -0.15) is 0 Å². The van der Waals surface area contributed by atoms with E-state index in [9.17, 15) is 8.42 Å². The normalized spacial score (nSPS) is 26.2. The highest BCUT2D eigenvalue weighted by molar-refractivity contribution is 7.92. The van der Waals surface area contributed by atoms with Crippen LogP contribution < -0.4 is 5.32 Å². The van der Waals surface area contributed by atoms with Crippen LogP contribution in [0.15, 0.2) is 30.3 Å². The van der Waals surface area contributed by atoms with E-state index in [1.54, 1.807) is 0 Å². The molecule has 4 atom stereocenters. The first-order valence-corrected chi connectivity index (χ1v) is 9.52. The highest BCUT2D eigenvalue weighted by Crippen LogP contribution is 2.33. The van der Waals surface area contributed by atoms with Crippen molar-refractivity contribution < 1.29 is 8.42 Å². The lowest BCUT2D eigenvalue weighted by molar-refractivity contribution is 0.378. The summed E-state index contributed by atoms with van der Waals surface area (Å²) in [6, 6.07) is 9.73. The molecule has 0 saturated heterocycles. The van der Waals surface area contributed by atoms with E-state index in [-0.39, 0.29) is 11.3 Å². The predicted molar refractivity (Wildman–Crippen MR) is 88.0 cm³/mol. The largest absolute Gasteiger partial charge is 0.312 e. The molecule has 4 unspecified atom stereocenters. The Morgan fingerprint density at radius 2 is 1.86 bits per heavy atom. The van der Waals surface area contributed by atoms with Crippen LogP contribution in [0.4, 0.5) is 0 Å². The molecule has 1 saturated carbocycles. The highest BCUT2D eigenvalue weighted by Gasteiger charge is 2.37. The molecule has 118 valence electrons.